The third kappa shape index (κ3) is 2.70. The molecule has 1 rings (SSSR count). The lowest BCUT2D eigenvalue weighted by Gasteiger charge is -2.51. The van der Waals surface area contributed by atoms with Crippen molar-refractivity contribution in [3.8, 4) is 6.07 Å². The molecule has 1 N–H and O–H groups in total. The molecule has 0 spiro atoms. The van der Waals surface area contributed by atoms with Crippen LogP contribution >= 0.6 is 0 Å². The molecule has 0 aromatic rings. The van der Waals surface area contributed by atoms with Crippen molar-refractivity contribution in [1.29, 1.82) is 5.26 Å². The van der Waals surface area contributed by atoms with Crippen LogP contribution in [0.4, 0.5) is 4.79 Å². The number of amides is 1. The highest BCUT2D eigenvalue weighted by Gasteiger charge is 2.55. The standard InChI is InChI=1S/C12H20N2O3/c1-10(2,3)17-9(15)14-7-12(16,8-14)11(4,5)6-13/h16H,7-8H2,1-5H3. The van der Waals surface area contributed by atoms with E-state index in [2.05, 4.69) is 6.07 Å². The van der Waals surface area contributed by atoms with Crippen molar-refractivity contribution >= 4 is 6.09 Å². The van der Waals surface area contributed by atoms with Crippen molar-refractivity contribution < 1.29 is 14.6 Å². The van der Waals surface area contributed by atoms with E-state index in [0.29, 0.717) is 0 Å². The fourth-order valence-corrected chi connectivity index (χ4v) is 1.54. The van der Waals surface area contributed by atoms with Gasteiger partial charge < -0.3 is 14.7 Å². The second-order valence-electron chi connectivity index (χ2n) is 6.10. The second-order valence-corrected chi connectivity index (χ2v) is 6.10. The van der Waals surface area contributed by atoms with Gasteiger partial charge in [-0.3, -0.25) is 0 Å². The lowest BCUT2D eigenvalue weighted by Crippen LogP contribution is -2.69. The maximum atomic E-state index is 11.7. The fourth-order valence-electron chi connectivity index (χ4n) is 1.54. The van der Waals surface area contributed by atoms with Gasteiger partial charge >= 0.3 is 6.09 Å². The molecule has 96 valence electrons. The molecule has 0 aliphatic carbocycles. The Bertz CT molecular complexity index is 357. The van der Waals surface area contributed by atoms with E-state index in [4.69, 9.17) is 10.00 Å². The van der Waals surface area contributed by atoms with Crippen molar-refractivity contribution in [3.63, 3.8) is 0 Å². The maximum absolute atomic E-state index is 11.7. The first-order valence-corrected chi connectivity index (χ1v) is 5.62. The Morgan fingerprint density at radius 2 is 1.82 bits per heavy atom. The highest BCUT2D eigenvalue weighted by molar-refractivity contribution is 5.69. The van der Waals surface area contributed by atoms with E-state index in [0.717, 1.165) is 0 Å². The monoisotopic (exact) mass is 240 g/mol. The van der Waals surface area contributed by atoms with Crippen LogP contribution in [0.2, 0.25) is 0 Å². The van der Waals surface area contributed by atoms with Crippen molar-refractivity contribution in [2.45, 2.75) is 45.8 Å². The Morgan fingerprint density at radius 1 is 1.35 bits per heavy atom. The zero-order valence-electron chi connectivity index (χ0n) is 11.1. The Morgan fingerprint density at radius 3 is 2.18 bits per heavy atom. The van der Waals surface area contributed by atoms with E-state index in [1.807, 2.05) is 0 Å². The van der Waals surface area contributed by atoms with Gasteiger partial charge in [-0.25, -0.2) is 4.79 Å². The zero-order chi connectivity index (χ0) is 13.5. The summed E-state index contributed by atoms with van der Waals surface area (Å²) in [5, 5.41) is 19.1. The summed E-state index contributed by atoms with van der Waals surface area (Å²) in [5.74, 6) is 0. The van der Waals surface area contributed by atoms with Gasteiger partial charge in [0.2, 0.25) is 0 Å². The molecule has 0 saturated carbocycles. The molecule has 0 atom stereocenters. The number of β-amino-alcohol motifs (C(OH)–C–C–N with tert-alkyl or cyclic N) is 1. The van der Waals surface area contributed by atoms with Crippen molar-refractivity contribution in [2.75, 3.05) is 13.1 Å². The predicted molar refractivity (Wildman–Crippen MR) is 62.2 cm³/mol. The molecule has 0 radical (unpaired) electrons. The SMILES string of the molecule is CC(C)(C)OC(=O)N1CC(O)(C(C)(C)C#N)C1. The van der Waals surface area contributed by atoms with E-state index in [1.165, 1.54) is 4.90 Å². The smallest absolute Gasteiger partial charge is 0.410 e. The quantitative estimate of drug-likeness (QED) is 0.754. The first-order chi connectivity index (χ1) is 7.51. The van der Waals surface area contributed by atoms with Crippen LogP contribution in [0.25, 0.3) is 0 Å². The lowest BCUT2D eigenvalue weighted by molar-refractivity contribution is -0.144. The molecule has 1 aliphatic rings. The number of carbonyl (C=O) groups excluding carboxylic acids is 1. The van der Waals surface area contributed by atoms with Gasteiger partial charge in [0, 0.05) is 0 Å². The molecular weight excluding hydrogens is 220 g/mol. The third-order valence-electron chi connectivity index (χ3n) is 3.00. The highest BCUT2D eigenvalue weighted by Crippen LogP contribution is 2.38. The molecule has 1 heterocycles. The van der Waals surface area contributed by atoms with Gasteiger partial charge in [0.05, 0.1) is 24.6 Å². The first-order valence-electron chi connectivity index (χ1n) is 5.62. The molecular formula is C12H20N2O3. The van der Waals surface area contributed by atoms with Crippen molar-refractivity contribution in [3.05, 3.63) is 0 Å². The summed E-state index contributed by atoms with van der Waals surface area (Å²) in [4.78, 5) is 13.1. The fraction of sp³-hybridized carbons (Fsp3) is 0.833. The minimum Gasteiger partial charge on any atom is -0.444 e. The Balaban J connectivity index is 2.58. The molecule has 1 aliphatic heterocycles. The number of likely N-dealkylation sites (tertiary alicyclic amines) is 1. The van der Waals surface area contributed by atoms with E-state index in [9.17, 15) is 9.90 Å². The number of nitrogens with zero attached hydrogens (tertiary/aromatic N) is 2. The summed E-state index contributed by atoms with van der Waals surface area (Å²) in [6, 6.07) is 2.06. The molecule has 5 heteroatoms. The van der Waals surface area contributed by atoms with Gasteiger partial charge in [-0.15, -0.1) is 0 Å². The minimum absolute atomic E-state index is 0.141. The summed E-state index contributed by atoms with van der Waals surface area (Å²) < 4.78 is 5.17. The summed E-state index contributed by atoms with van der Waals surface area (Å²) in [7, 11) is 0. The average molecular weight is 240 g/mol. The van der Waals surface area contributed by atoms with Crippen molar-refractivity contribution in [1.82, 2.24) is 4.90 Å². The number of rotatable bonds is 1. The molecule has 0 aromatic carbocycles. The largest absolute Gasteiger partial charge is 0.444 e. The molecule has 1 saturated heterocycles. The topological polar surface area (TPSA) is 73.6 Å². The van der Waals surface area contributed by atoms with Crippen LogP contribution in [0, 0.1) is 16.7 Å². The van der Waals surface area contributed by atoms with Crippen LogP contribution in [0.1, 0.15) is 34.6 Å². The minimum atomic E-state index is -1.14. The molecule has 5 nitrogen and oxygen atoms in total. The molecule has 0 bridgehead atoms. The maximum Gasteiger partial charge on any atom is 0.410 e. The van der Waals surface area contributed by atoms with Crippen LogP contribution in [0.15, 0.2) is 0 Å². The molecule has 0 aromatic heterocycles. The Labute approximate surface area is 102 Å². The summed E-state index contributed by atoms with van der Waals surface area (Å²) >= 11 is 0. The van der Waals surface area contributed by atoms with Gasteiger partial charge in [-0.2, -0.15) is 5.26 Å². The average Bonchev–Trinajstić information content (AvgIpc) is 2.09. The molecule has 1 fully saturated rings. The van der Waals surface area contributed by atoms with Gasteiger partial charge in [0.1, 0.15) is 11.2 Å². The van der Waals surface area contributed by atoms with Gasteiger partial charge in [-0.1, -0.05) is 0 Å². The number of nitriles is 1. The van der Waals surface area contributed by atoms with E-state index >= 15 is 0 Å². The predicted octanol–water partition coefficient (Wildman–Crippen LogP) is 1.52. The van der Waals surface area contributed by atoms with E-state index < -0.39 is 22.7 Å². The summed E-state index contributed by atoms with van der Waals surface area (Å²) in [6.07, 6.45) is -0.448. The van der Waals surface area contributed by atoms with Crippen LogP contribution < -0.4 is 0 Å². The normalized spacial score (nSPS) is 19.2. The van der Waals surface area contributed by atoms with E-state index in [1.54, 1.807) is 34.6 Å². The molecule has 0 unspecified atom stereocenters. The third-order valence-corrected chi connectivity index (χ3v) is 3.00. The second kappa shape index (κ2) is 3.88. The van der Waals surface area contributed by atoms with Crippen LogP contribution in [0.3, 0.4) is 0 Å². The lowest BCUT2D eigenvalue weighted by atomic mass is 9.71. The zero-order valence-corrected chi connectivity index (χ0v) is 11.1. The number of ether oxygens (including phenoxy) is 1. The molecule has 1 amide bonds. The number of hydrogen-bond acceptors (Lipinski definition) is 4. The Hall–Kier alpha value is -1.28. The van der Waals surface area contributed by atoms with Gasteiger partial charge in [-0.05, 0) is 34.6 Å². The highest BCUT2D eigenvalue weighted by atomic mass is 16.6. The molecule has 17 heavy (non-hydrogen) atoms. The van der Waals surface area contributed by atoms with Crippen LogP contribution in [-0.4, -0.2) is 40.4 Å². The van der Waals surface area contributed by atoms with Crippen LogP contribution in [-0.2, 0) is 4.74 Å². The Kier molecular flexibility index (Phi) is 3.15. The van der Waals surface area contributed by atoms with Crippen LogP contribution in [0.5, 0.6) is 0 Å². The van der Waals surface area contributed by atoms with E-state index in [-0.39, 0.29) is 13.1 Å². The van der Waals surface area contributed by atoms with Crippen molar-refractivity contribution in [2.24, 2.45) is 5.41 Å². The number of aliphatic hydroxyl groups is 1. The number of carbonyl (C=O) groups is 1. The van der Waals surface area contributed by atoms with Gasteiger partial charge in [0.25, 0.3) is 0 Å². The van der Waals surface area contributed by atoms with Gasteiger partial charge in [0.15, 0.2) is 0 Å². The summed E-state index contributed by atoms with van der Waals surface area (Å²) in [6.45, 7) is 8.98. The first kappa shape index (κ1) is 13.8. The number of hydrogen-bond donors (Lipinski definition) is 1. The summed E-state index contributed by atoms with van der Waals surface area (Å²) in [5.41, 5.74) is -2.56.